The van der Waals surface area contributed by atoms with Crippen molar-refractivity contribution in [2.24, 2.45) is 4.99 Å². The summed E-state index contributed by atoms with van der Waals surface area (Å²) in [5.74, 6) is -0.694. The molecule has 0 bridgehead atoms. The van der Waals surface area contributed by atoms with E-state index in [-0.39, 0.29) is 11.9 Å². The van der Waals surface area contributed by atoms with Gasteiger partial charge in [0.25, 0.3) is 0 Å². The molecule has 1 aliphatic rings. The Hall–Kier alpha value is -3.64. The highest BCUT2D eigenvalue weighted by atomic mass is 35.5. The molecule has 4 rings (SSSR count). The molecule has 0 spiro atoms. The molecular weight excluding hydrogens is 424 g/mol. The number of halogens is 1. The monoisotopic (exact) mass is 446 g/mol. The van der Waals surface area contributed by atoms with E-state index < -0.39 is 5.92 Å². The lowest BCUT2D eigenvalue weighted by atomic mass is 9.90. The third-order valence-electron chi connectivity index (χ3n) is 5.35. The van der Waals surface area contributed by atoms with Gasteiger partial charge in [-0.05, 0) is 47.5 Å². The molecule has 0 saturated heterocycles. The predicted molar refractivity (Wildman–Crippen MR) is 129 cm³/mol. The number of fused-ring (bicyclic) bond motifs is 1. The van der Waals surface area contributed by atoms with E-state index in [2.05, 4.69) is 5.32 Å². The molecule has 1 N–H and O–H groups in total. The molecule has 1 heterocycles. The summed E-state index contributed by atoms with van der Waals surface area (Å²) in [6.07, 6.45) is 0. The molecule has 0 aliphatic carbocycles. The average Bonchev–Trinajstić information content (AvgIpc) is 3.11. The number of urea groups is 1. The van der Waals surface area contributed by atoms with E-state index in [1.807, 2.05) is 60.7 Å². The molecule has 162 valence electrons. The standard InChI is InChI=1S/C25H23ClN4O2/c1-29(2)25(32)30(3)19-12-10-18(11-13-19)27-23(16-7-5-4-6-8-16)22-20-14-9-17(26)15-21(20)28-24(22)31/h4-15,22H,1-3H3,(H,28,31). The third-order valence-corrected chi connectivity index (χ3v) is 5.58. The Morgan fingerprint density at radius 1 is 0.969 bits per heavy atom. The van der Waals surface area contributed by atoms with Crippen molar-refractivity contribution in [1.29, 1.82) is 0 Å². The molecule has 32 heavy (non-hydrogen) atoms. The second-order valence-corrected chi connectivity index (χ2v) is 8.21. The maximum absolute atomic E-state index is 12.9. The number of nitrogens with zero attached hydrogens (tertiary/aromatic N) is 3. The van der Waals surface area contributed by atoms with Gasteiger partial charge in [-0.1, -0.05) is 48.0 Å². The predicted octanol–water partition coefficient (Wildman–Crippen LogP) is 5.31. The van der Waals surface area contributed by atoms with Gasteiger partial charge >= 0.3 is 6.03 Å². The van der Waals surface area contributed by atoms with Crippen LogP contribution in [0.25, 0.3) is 0 Å². The Balaban J connectivity index is 1.75. The molecule has 1 aliphatic heterocycles. The van der Waals surface area contributed by atoms with Crippen molar-refractivity contribution in [2.45, 2.75) is 5.92 Å². The van der Waals surface area contributed by atoms with Gasteiger partial charge in [0.2, 0.25) is 5.91 Å². The zero-order chi connectivity index (χ0) is 22.8. The molecule has 0 saturated carbocycles. The van der Waals surface area contributed by atoms with E-state index in [0.717, 1.165) is 16.8 Å². The first-order valence-electron chi connectivity index (χ1n) is 10.1. The van der Waals surface area contributed by atoms with Crippen molar-refractivity contribution < 1.29 is 9.59 Å². The number of nitrogens with one attached hydrogen (secondary N) is 1. The molecule has 3 amide bonds. The minimum Gasteiger partial charge on any atom is -0.330 e. The molecule has 6 nitrogen and oxygen atoms in total. The van der Waals surface area contributed by atoms with Crippen LogP contribution in [0.3, 0.4) is 0 Å². The highest BCUT2D eigenvalue weighted by Gasteiger charge is 2.35. The fourth-order valence-electron chi connectivity index (χ4n) is 3.71. The van der Waals surface area contributed by atoms with Crippen LogP contribution in [-0.4, -0.2) is 43.7 Å². The average molecular weight is 447 g/mol. The largest absolute Gasteiger partial charge is 0.330 e. The zero-order valence-corrected chi connectivity index (χ0v) is 18.8. The number of anilines is 2. The molecule has 1 atom stereocenters. The van der Waals surface area contributed by atoms with E-state index in [0.29, 0.717) is 22.1 Å². The normalized spacial score (nSPS) is 15.2. The fraction of sp³-hybridized carbons (Fsp3) is 0.160. The summed E-state index contributed by atoms with van der Waals surface area (Å²) in [7, 11) is 5.14. The van der Waals surface area contributed by atoms with Crippen LogP contribution < -0.4 is 10.2 Å². The highest BCUT2D eigenvalue weighted by molar-refractivity contribution is 6.31. The van der Waals surface area contributed by atoms with Gasteiger partial charge in [-0.15, -0.1) is 0 Å². The quantitative estimate of drug-likeness (QED) is 0.551. The van der Waals surface area contributed by atoms with Crippen LogP contribution in [0.15, 0.2) is 77.8 Å². The van der Waals surface area contributed by atoms with E-state index in [9.17, 15) is 9.59 Å². The maximum atomic E-state index is 12.9. The van der Waals surface area contributed by atoms with E-state index in [1.54, 1.807) is 38.2 Å². The van der Waals surface area contributed by atoms with Crippen molar-refractivity contribution in [3.05, 3.63) is 88.9 Å². The SMILES string of the molecule is CN(C)C(=O)N(C)c1ccc(N=C(c2ccccc2)C2C(=O)Nc3cc(Cl)ccc32)cc1. The minimum absolute atomic E-state index is 0.121. The Bertz CT molecular complexity index is 1190. The first kappa shape index (κ1) is 21.6. The van der Waals surface area contributed by atoms with E-state index in [4.69, 9.17) is 16.6 Å². The summed E-state index contributed by atoms with van der Waals surface area (Å²) in [5.41, 5.74) is 4.50. The minimum atomic E-state index is -0.553. The first-order valence-corrected chi connectivity index (χ1v) is 10.5. The van der Waals surface area contributed by atoms with Gasteiger partial charge in [-0.25, -0.2) is 4.79 Å². The molecule has 3 aromatic carbocycles. The highest BCUT2D eigenvalue weighted by Crippen LogP contribution is 2.37. The van der Waals surface area contributed by atoms with Crippen molar-refractivity contribution in [3.63, 3.8) is 0 Å². The zero-order valence-electron chi connectivity index (χ0n) is 18.0. The molecule has 0 radical (unpaired) electrons. The van der Waals surface area contributed by atoms with Crippen molar-refractivity contribution in [2.75, 3.05) is 31.4 Å². The number of aliphatic imine (C=N–C) groups is 1. The van der Waals surface area contributed by atoms with Gasteiger partial charge in [0.05, 0.1) is 11.4 Å². The van der Waals surface area contributed by atoms with E-state index in [1.165, 1.54) is 4.90 Å². The third kappa shape index (κ3) is 4.22. The van der Waals surface area contributed by atoms with Crippen LogP contribution in [-0.2, 0) is 4.79 Å². The van der Waals surface area contributed by atoms with Crippen LogP contribution >= 0.6 is 11.6 Å². The van der Waals surface area contributed by atoms with Crippen LogP contribution in [0.5, 0.6) is 0 Å². The Labute approximate surface area is 192 Å². The summed E-state index contributed by atoms with van der Waals surface area (Å²) in [6.45, 7) is 0. The number of carbonyl (C=O) groups is 2. The maximum Gasteiger partial charge on any atom is 0.323 e. The number of carbonyl (C=O) groups excluding carboxylic acids is 2. The summed E-state index contributed by atoms with van der Waals surface area (Å²) >= 11 is 6.11. The van der Waals surface area contributed by atoms with Crippen molar-refractivity contribution >= 4 is 46.3 Å². The van der Waals surface area contributed by atoms with Gasteiger partial charge in [-0.3, -0.25) is 14.7 Å². The van der Waals surface area contributed by atoms with Crippen LogP contribution in [0.4, 0.5) is 21.9 Å². The Morgan fingerprint density at radius 3 is 2.31 bits per heavy atom. The van der Waals surface area contributed by atoms with Crippen LogP contribution in [0.2, 0.25) is 5.02 Å². The molecule has 3 aromatic rings. The number of hydrogen-bond acceptors (Lipinski definition) is 3. The summed E-state index contributed by atoms with van der Waals surface area (Å²) in [4.78, 5) is 33.1. The lowest BCUT2D eigenvalue weighted by Crippen LogP contribution is -2.36. The smallest absolute Gasteiger partial charge is 0.323 e. The lowest BCUT2D eigenvalue weighted by Gasteiger charge is -2.21. The molecule has 7 heteroatoms. The van der Waals surface area contributed by atoms with Gasteiger partial charge in [-0.2, -0.15) is 0 Å². The van der Waals surface area contributed by atoms with Gasteiger partial charge < -0.3 is 10.2 Å². The van der Waals surface area contributed by atoms with Crippen molar-refractivity contribution in [3.8, 4) is 0 Å². The van der Waals surface area contributed by atoms with Gasteiger partial charge in [0.15, 0.2) is 0 Å². The summed E-state index contributed by atoms with van der Waals surface area (Å²) < 4.78 is 0. The topological polar surface area (TPSA) is 65.0 Å². The Kier molecular flexibility index (Phi) is 5.97. The number of benzene rings is 3. The Morgan fingerprint density at radius 2 is 1.66 bits per heavy atom. The van der Waals surface area contributed by atoms with Crippen molar-refractivity contribution in [1.82, 2.24) is 4.90 Å². The molecule has 1 unspecified atom stereocenters. The molecular formula is C25H23ClN4O2. The summed E-state index contributed by atoms with van der Waals surface area (Å²) in [6, 6.07) is 22.3. The van der Waals surface area contributed by atoms with Crippen LogP contribution in [0, 0.1) is 0 Å². The fourth-order valence-corrected chi connectivity index (χ4v) is 3.88. The lowest BCUT2D eigenvalue weighted by molar-refractivity contribution is -0.115. The molecule has 0 fully saturated rings. The van der Waals surface area contributed by atoms with Gasteiger partial charge in [0.1, 0.15) is 5.92 Å². The van der Waals surface area contributed by atoms with Gasteiger partial charge in [0, 0.05) is 37.5 Å². The second-order valence-electron chi connectivity index (χ2n) is 7.77. The van der Waals surface area contributed by atoms with E-state index >= 15 is 0 Å². The molecule has 0 aromatic heterocycles. The second kappa shape index (κ2) is 8.85. The number of amides is 3. The van der Waals surface area contributed by atoms with Crippen LogP contribution in [0.1, 0.15) is 17.0 Å². The summed E-state index contributed by atoms with van der Waals surface area (Å²) in [5, 5.41) is 3.48. The number of hydrogen-bond donors (Lipinski definition) is 1. The first-order chi connectivity index (χ1) is 15.3. The number of rotatable bonds is 4.